The Kier molecular flexibility index (Phi) is 16.0. The normalized spacial score (nSPS) is 12.1. The standard InChI is InChI=1S/C20H16N.C19H13N.C12H11BO2.C9H6BrN.ClHO4/c1-21-14-17(13-16-8-3-5-12-20(16)21)19-11-6-9-15-7-2-4-10-18(15)19;1-3-9-17-14(6-1)8-5-10-18(17)16-12-15-7-2-4-11-19(15)20-13-16;1-2-6-11-10(4-1)5-3-7-12(11)13-14-8-9-15-13;10-8-5-7-3-1-2-4-9(7)11-6-8;2-1(3,4)5/h2-14H,1H3;1-13H;1-7H,8-9H2;1-6H;(H,2,3,4,5)/q+1;;;;/p-1. The molecule has 1 saturated heterocycles. The van der Waals surface area contributed by atoms with Crippen molar-refractivity contribution in [3.8, 4) is 22.3 Å². The maximum Gasteiger partial charge on any atom is 0.494 e. The van der Waals surface area contributed by atoms with Crippen molar-refractivity contribution in [1.82, 2.24) is 9.97 Å². The van der Waals surface area contributed by atoms with Crippen LogP contribution in [-0.2, 0) is 16.4 Å². The molecular formula is C60H46BBrClN3O6. The van der Waals surface area contributed by atoms with Crippen molar-refractivity contribution in [1.29, 1.82) is 0 Å². The maximum atomic E-state index is 8.49. The van der Waals surface area contributed by atoms with Crippen molar-refractivity contribution in [3.63, 3.8) is 0 Å². The highest BCUT2D eigenvalue weighted by Crippen LogP contribution is 2.31. The van der Waals surface area contributed by atoms with Crippen LogP contribution in [-0.4, -0.2) is 30.3 Å². The SMILES string of the molecule is Brc1cnc2ccccc2c1.C[n+]1cc(-c2cccc3ccccc23)cc2ccccc21.[O-][Cl+3]([O-])([O-])[O-].c1ccc2c(B3OCCO3)cccc2c1.c1ccc2ncc(-c3cccc4ccccc34)cc2c1. The summed E-state index contributed by atoms with van der Waals surface area (Å²) in [5.41, 5.74) is 9.41. The fourth-order valence-electron chi connectivity index (χ4n) is 8.77. The van der Waals surface area contributed by atoms with Crippen molar-refractivity contribution >= 4 is 93.5 Å². The lowest BCUT2D eigenvalue weighted by Gasteiger charge is -2.17. The Bertz CT molecular complexity index is 3770. The minimum atomic E-state index is -4.94. The summed E-state index contributed by atoms with van der Waals surface area (Å²) >= 11 is 3.37. The van der Waals surface area contributed by atoms with Crippen LogP contribution < -0.4 is 28.7 Å². The number of hydrogen-bond acceptors (Lipinski definition) is 8. The summed E-state index contributed by atoms with van der Waals surface area (Å²) in [6.07, 6.45) is 5.98. The highest BCUT2D eigenvalue weighted by atomic mass is 79.9. The zero-order valence-electron chi connectivity index (χ0n) is 39.1. The lowest BCUT2D eigenvalue weighted by molar-refractivity contribution is -2.00. The summed E-state index contributed by atoms with van der Waals surface area (Å²) in [5, 5.41) is 11.2. The summed E-state index contributed by atoms with van der Waals surface area (Å²) in [6, 6.07) is 75.8. The molecule has 1 fully saturated rings. The van der Waals surface area contributed by atoms with Crippen molar-refractivity contribution in [2.45, 2.75) is 0 Å². The zero-order chi connectivity index (χ0) is 49.9. The molecule has 1 aliphatic rings. The van der Waals surface area contributed by atoms with Crippen LogP contribution in [0, 0.1) is 10.2 Å². The number of para-hydroxylation sites is 3. The highest BCUT2D eigenvalue weighted by Gasteiger charge is 2.27. The van der Waals surface area contributed by atoms with E-state index in [0.717, 1.165) is 21.0 Å². The molecule has 0 saturated carbocycles. The van der Waals surface area contributed by atoms with Crippen molar-refractivity contribution in [2.75, 3.05) is 13.2 Å². The molecule has 1 aliphatic heterocycles. The van der Waals surface area contributed by atoms with Gasteiger partial charge in [-0.1, -0.05) is 176 Å². The first-order valence-corrected chi connectivity index (χ1v) is 25.1. The monoisotopic (exact) mass is 1030 g/mol. The number of benzene rings is 9. The van der Waals surface area contributed by atoms with Gasteiger partial charge in [-0.05, 0) is 101 Å². The number of halogens is 2. The molecule has 9 nitrogen and oxygen atoms in total. The average molecular weight is 1030 g/mol. The second kappa shape index (κ2) is 23.2. The fourth-order valence-corrected chi connectivity index (χ4v) is 9.12. The second-order valence-corrected chi connectivity index (χ2v) is 18.4. The first kappa shape index (κ1) is 49.6. The van der Waals surface area contributed by atoms with Gasteiger partial charge in [0.2, 0.25) is 5.52 Å². The van der Waals surface area contributed by atoms with Crippen LogP contribution in [0.3, 0.4) is 0 Å². The fraction of sp³-hybridized carbons (Fsp3) is 0.0500. The predicted molar refractivity (Wildman–Crippen MR) is 283 cm³/mol. The Morgan fingerprint density at radius 3 is 1.47 bits per heavy atom. The van der Waals surface area contributed by atoms with E-state index < -0.39 is 10.2 Å². The summed E-state index contributed by atoms with van der Waals surface area (Å²) in [6.45, 7) is 1.38. The van der Waals surface area contributed by atoms with E-state index in [9.17, 15) is 0 Å². The van der Waals surface area contributed by atoms with Gasteiger partial charge >= 0.3 is 7.12 Å². The molecule has 0 spiro atoms. The molecule has 0 atom stereocenters. The minimum Gasteiger partial charge on any atom is -0.405 e. The Hall–Kier alpha value is -7.42. The summed E-state index contributed by atoms with van der Waals surface area (Å²) < 4.78 is 48.2. The second-order valence-electron chi connectivity index (χ2n) is 16.7. The maximum absolute atomic E-state index is 8.49. The average Bonchev–Trinajstić information content (AvgIpc) is 3.96. The van der Waals surface area contributed by atoms with Gasteiger partial charge in [-0.3, -0.25) is 9.97 Å². The third kappa shape index (κ3) is 12.5. The first-order chi connectivity index (χ1) is 35.1. The third-order valence-corrected chi connectivity index (χ3v) is 12.4. The topological polar surface area (TPSA) is 140 Å². The van der Waals surface area contributed by atoms with Gasteiger partial charge in [-0.15, -0.1) is 10.2 Å². The minimum absolute atomic E-state index is 0.184. The van der Waals surface area contributed by atoms with E-state index in [1.54, 1.807) is 0 Å². The molecular weight excluding hydrogens is 985 g/mol. The van der Waals surface area contributed by atoms with Gasteiger partial charge in [0.1, 0.15) is 7.05 Å². The Labute approximate surface area is 427 Å². The van der Waals surface area contributed by atoms with Gasteiger partial charge in [0.15, 0.2) is 6.20 Å². The van der Waals surface area contributed by atoms with E-state index in [-0.39, 0.29) is 7.12 Å². The van der Waals surface area contributed by atoms with Crippen molar-refractivity contribution < 1.29 is 42.8 Å². The first-order valence-electron chi connectivity index (χ1n) is 23.1. The zero-order valence-corrected chi connectivity index (χ0v) is 41.4. The molecule has 0 aliphatic carbocycles. The Balaban J connectivity index is 0.000000117. The molecule has 0 unspecified atom stereocenters. The number of aromatic nitrogens is 3. The smallest absolute Gasteiger partial charge is 0.405 e. The van der Waals surface area contributed by atoms with Gasteiger partial charge in [0.25, 0.3) is 0 Å². The van der Waals surface area contributed by atoms with Crippen LogP contribution in [0.2, 0.25) is 0 Å². The van der Waals surface area contributed by atoms with Gasteiger partial charge in [0.05, 0.1) is 24.2 Å². The van der Waals surface area contributed by atoms with Gasteiger partial charge in [0, 0.05) is 50.2 Å². The van der Waals surface area contributed by atoms with Crippen LogP contribution in [0.4, 0.5) is 0 Å². The van der Waals surface area contributed by atoms with E-state index in [1.165, 1.54) is 76.2 Å². The van der Waals surface area contributed by atoms with Crippen molar-refractivity contribution in [3.05, 3.63) is 241 Å². The lowest BCUT2D eigenvalue weighted by atomic mass is 9.76. The van der Waals surface area contributed by atoms with Gasteiger partial charge in [-0.2, -0.15) is 0 Å². The van der Waals surface area contributed by atoms with E-state index >= 15 is 0 Å². The molecule has 12 aromatic rings. The largest absolute Gasteiger partial charge is 0.494 e. The third-order valence-electron chi connectivity index (χ3n) is 12.0. The van der Waals surface area contributed by atoms with E-state index in [0.29, 0.717) is 13.2 Å². The molecule has 0 N–H and O–H groups in total. The molecule has 12 heteroatoms. The summed E-state index contributed by atoms with van der Waals surface area (Å²) in [7, 11) is -3.02. The molecule has 354 valence electrons. The quantitative estimate of drug-likeness (QED) is 0.126. The van der Waals surface area contributed by atoms with Gasteiger partial charge < -0.3 is 9.31 Å². The molecule has 4 heterocycles. The molecule has 0 radical (unpaired) electrons. The van der Waals surface area contributed by atoms with Crippen LogP contribution in [0.5, 0.6) is 0 Å². The number of fused-ring (bicyclic) bond motifs is 6. The van der Waals surface area contributed by atoms with E-state index in [2.05, 4.69) is 208 Å². The van der Waals surface area contributed by atoms with Crippen molar-refractivity contribution in [2.24, 2.45) is 7.05 Å². The molecule has 72 heavy (non-hydrogen) atoms. The number of aryl methyl sites for hydroxylation is 1. The lowest BCUT2D eigenvalue weighted by Crippen LogP contribution is -2.68. The Morgan fingerprint density at radius 2 is 0.875 bits per heavy atom. The molecule has 0 bridgehead atoms. The van der Waals surface area contributed by atoms with Crippen LogP contribution >= 0.6 is 15.9 Å². The van der Waals surface area contributed by atoms with E-state index in [4.69, 9.17) is 27.9 Å². The molecule has 13 rings (SSSR count). The predicted octanol–water partition coefficient (Wildman–Crippen LogP) is 9.36. The number of rotatable bonds is 3. The number of hydrogen-bond donors (Lipinski definition) is 0. The number of pyridine rings is 3. The van der Waals surface area contributed by atoms with Crippen LogP contribution in [0.1, 0.15) is 0 Å². The highest BCUT2D eigenvalue weighted by molar-refractivity contribution is 9.10. The van der Waals surface area contributed by atoms with Crippen LogP contribution in [0.15, 0.2) is 241 Å². The summed E-state index contributed by atoms with van der Waals surface area (Å²) in [5.74, 6) is 0. The molecule has 9 aromatic carbocycles. The van der Waals surface area contributed by atoms with Crippen LogP contribution in [0.25, 0.3) is 87.3 Å². The van der Waals surface area contributed by atoms with Gasteiger partial charge in [-0.25, -0.2) is 23.2 Å². The number of nitrogens with zero attached hydrogens (tertiary/aromatic N) is 3. The van der Waals surface area contributed by atoms with E-state index in [1.807, 2.05) is 67.0 Å². The summed E-state index contributed by atoms with van der Waals surface area (Å²) in [4.78, 5) is 8.80. The molecule has 3 aromatic heterocycles. The molecule has 0 amide bonds. The Morgan fingerprint density at radius 1 is 0.458 bits per heavy atom.